The van der Waals surface area contributed by atoms with Crippen LogP contribution in [0.4, 0.5) is 0 Å². The first-order chi connectivity index (χ1) is 5.41. The van der Waals surface area contributed by atoms with E-state index in [1.807, 2.05) is 0 Å². The van der Waals surface area contributed by atoms with E-state index in [1.54, 1.807) is 6.34 Å². The van der Waals surface area contributed by atoms with Gasteiger partial charge in [0.15, 0.2) is 0 Å². The second kappa shape index (κ2) is 9.43. The van der Waals surface area contributed by atoms with Crippen LogP contribution in [0, 0.1) is 0 Å². The third kappa shape index (κ3) is 9.43. The SMILES string of the molecule is C1=NCCN1.CCCCCN. The zero-order valence-corrected chi connectivity index (χ0v) is 7.34. The van der Waals surface area contributed by atoms with Crippen molar-refractivity contribution in [2.45, 2.75) is 26.2 Å². The highest BCUT2D eigenvalue weighted by atomic mass is 15.0. The van der Waals surface area contributed by atoms with E-state index < -0.39 is 0 Å². The summed E-state index contributed by atoms with van der Waals surface area (Å²) in [4.78, 5) is 3.85. The zero-order valence-electron chi connectivity index (χ0n) is 7.34. The summed E-state index contributed by atoms with van der Waals surface area (Å²) in [5, 5.41) is 2.93. The molecule has 0 saturated heterocycles. The summed E-state index contributed by atoms with van der Waals surface area (Å²) in [6, 6.07) is 0. The van der Waals surface area contributed by atoms with Crippen molar-refractivity contribution in [3.8, 4) is 0 Å². The molecule has 3 nitrogen and oxygen atoms in total. The number of unbranched alkanes of at least 4 members (excludes halogenated alkanes) is 2. The van der Waals surface area contributed by atoms with Crippen LogP contribution in [-0.2, 0) is 0 Å². The van der Waals surface area contributed by atoms with E-state index in [1.165, 1.54) is 19.3 Å². The molecule has 0 aromatic heterocycles. The zero-order chi connectivity index (χ0) is 8.36. The van der Waals surface area contributed by atoms with E-state index in [0.717, 1.165) is 19.6 Å². The quantitative estimate of drug-likeness (QED) is 0.594. The molecular formula is C8H19N3. The molecular weight excluding hydrogens is 138 g/mol. The molecule has 0 unspecified atom stereocenters. The van der Waals surface area contributed by atoms with Gasteiger partial charge in [-0.15, -0.1) is 0 Å². The van der Waals surface area contributed by atoms with Crippen molar-refractivity contribution in [3.63, 3.8) is 0 Å². The van der Waals surface area contributed by atoms with Crippen LogP contribution in [0.1, 0.15) is 26.2 Å². The van der Waals surface area contributed by atoms with Crippen molar-refractivity contribution in [2.24, 2.45) is 10.7 Å². The molecule has 1 rings (SSSR count). The lowest BCUT2D eigenvalue weighted by molar-refractivity contribution is 0.727. The Morgan fingerprint density at radius 2 is 2.36 bits per heavy atom. The summed E-state index contributed by atoms with van der Waals surface area (Å²) in [6.07, 6.45) is 5.49. The van der Waals surface area contributed by atoms with E-state index >= 15 is 0 Å². The van der Waals surface area contributed by atoms with E-state index in [4.69, 9.17) is 5.73 Å². The lowest BCUT2D eigenvalue weighted by Crippen LogP contribution is -2.04. The first-order valence-electron chi connectivity index (χ1n) is 4.33. The lowest BCUT2D eigenvalue weighted by Gasteiger charge is -1.86. The third-order valence-electron chi connectivity index (χ3n) is 1.38. The maximum absolute atomic E-state index is 5.21. The molecule has 1 heterocycles. The molecule has 1 aliphatic rings. The van der Waals surface area contributed by atoms with Crippen LogP contribution in [0.5, 0.6) is 0 Å². The van der Waals surface area contributed by atoms with Crippen LogP contribution in [0.15, 0.2) is 4.99 Å². The van der Waals surface area contributed by atoms with Gasteiger partial charge >= 0.3 is 0 Å². The van der Waals surface area contributed by atoms with Crippen LogP contribution in [-0.4, -0.2) is 26.0 Å². The number of nitrogens with two attached hydrogens (primary N) is 1. The van der Waals surface area contributed by atoms with Crippen LogP contribution in [0.25, 0.3) is 0 Å². The van der Waals surface area contributed by atoms with E-state index in [-0.39, 0.29) is 0 Å². The molecule has 0 saturated carbocycles. The Labute approximate surface area is 69.1 Å². The summed E-state index contributed by atoms with van der Waals surface area (Å²) in [7, 11) is 0. The Morgan fingerprint density at radius 3 is 2.55 bits per heavy atom. The van der Waals surface area contributed by atoms with Crippen LogP contribution < -0.4 is 11.1 Å². The average Bonchev–Trinajstić information content (AvgIpc) is 2.57. The highest BCUT2D eigenvalue weighted by Crippen LogP contribution is 1.88. The first-order valence-corrected chi connectivity index (χ1v) is 4.33. The minimum absolute atomic E-state index is 0.855. The molecule has 0 aliphatic carbocycles. The van der Waals surface area contributed by atoms with Crippen molar-refractivity contribution in [1.82, 2.24) is 5.32 Å². The number of hydrogen-bond acceptors (Lipinski definition) is 3. The van der Waals surface area contributed by atoms with Crippen LogP contribution in [0.3, 0.4) is 0 Å². The van der Waals surface area contributed by atoms with E-state index in [2.05, 4.69) is 17.2 Å². The van der Waals surface area contributed by atoms with Crippen molar-refractivity contribution >= 4 is 6.34 Å². The van der Waals surface area contributed by atoms with Gasteiger partial charge in [-0.05, 0) is 13.0 Å². The molecule has 3 N–H and O–H groups in total. The molecule has 0 aromatic carbocycles. The fourth-order valence-corrected chi connectivity index (χ4v) is 0.717. The molecule has 0 atom stereocenters. The molecule has 0 spiro atoms. The Kier molecular flexibility index (Phi) is 8.94. The monoisotopic (exact) mass is 157 g/mol. The predicted octanol–water partition coefficient (Wildman–Crippen LogP) is 0.753. The Balaban J connectivity index is 0.000000183. The Morgan fingerprint density at radius 1 is 1.55 bits per heavy atom. The minimum Gasteiger partial charge on any atom is -0.375 e. The summed E-state index contributed by atoms with van der Waals surface area (Å²) < 4.78 is 0. The van der Waals surface area contributed by atoms with Gasteiger partial charge in [0, 0.05) is 6.54 Å². The van der Waals surface area contributed by atoms with Gasteiger partial charge < -0.3 is 11.1 Å². The van der Waals surface area contributed by atoms with Gasteiger partial charge in [-0.1, -0.05) is 19.8 Å². The van der Waals surface area contributed by atoms with Gasteiger partial charge in [-0.25, -0.2) is 0 Å². The number of aliphatic imine (C=N–C) groups is 1. The Hall–Kier alpha value is -0.570. The summed E-state index contributed by atoms with van der Waals surface area (Å²) >= 11 is 0. The van der Waals surface area contributed by atoms with Crippen molar-refractivity contribution in [3.05, 3.63) is 0 Å². The highest BCUT2D eigenvalue weighted by molar-refractivity contribution is 5.56. The third-order valence-corrected chi connectivity index (χ3v) is 1.38. The molecule has 0 fully saturated rings. The number of rotatable bonds is 3. The normalized spacial score (nSPS) is 13.6. The second-order valence-electron chi connectivity index (χ2n) is 2.49. The molecule has 0 amide bonds. The van der Waals surface area contributed by atoms with Crippen LogP contribution >= 0.6 is 0 Å². The summed E-state index contributed by atoms with van der Waals surface area (Å²) in [6.45, 7) is 5.02. The molecule has 3 heteroatoms. The fraction of sp³-hybridized carbons (Fsp3) is 0.875. The molecule has 11 heavy (non-hydrogen) atoms. The van der Waals surface area contributed by atoms with Crippen molar-refractivity contribution < 1.29 is 0 Å². The van der Waals surface area contributed by atoms with Gasteiger partial charge in [0.2, 0.25) is 0 Å². The smallest absolute Gasteiger partial charge is 0.0825 e. The minimum atomic E-state index is 0.855. The molecule has 66 valence electrons. The molecule has 0 bridgehead atoms. The number of nitrogens with one attached hydrogen (secondary N) is 1. The number of nitrogens with zero attached hydrogens (tertiary/aromatic N) is 1. The largest absolute Gasteiger partial charge is 0.375 e. The van der Waals surface area contributed by atoms with Crippen molar-refractivity contribution in [1.29, 1.82) is 0 Å². The maximum Gasteiger partial charge on any atom is 0.0825 e. The van der Waals surface area contributed by atoms with E-state index in [9.17, 15) is 0 Å². The lowest BCUT2D eigenvalue weighted by atomic mass is 10.3. The van der Waals surface area contributed by atoms with Gasteiger partial charge in [-0.3, -0.25) is 4.99 Å². The molecule has 0 radical (unpaired) electrons. The average molecular weight is 157 g/mol. The highest BCUT2D eigenvalue weighted by Gasteiger charge is 1.82. The first kappa shape index (κ1) is 10.4. The molecule has 0 aromatic rings. The summed E-state index contributed by atoms with van der Waals surface area (Å²) in [5.41, 5.74) is 5.21. The topological polar surface area (TPSA) is 50.4 Å². The van der Waals surface area contributed by atoms with Gasteiger partial charge in [0.25, 0.3) is 0 Å². The van der Waals surface area contributed by atoms with E-state index in [0.29, 0.717) is 0 Å². The van der Waals surface area contributed by atoms with Crippen LogP contribution in [0.2, 0.25) is 0 Å². The fourth-order valence-electron chi connectivity index (χ4n) is 0.717. The van der Waals surface area contributed by atoms with Gasteiger partial charge in [0.05, 0.1) is 12.9 Å². The van der Waals surface area contributed by atoms with Crippen molar-refractivity contribution in [2.75, 3.05) is 19.6 Å². The van der Waals surface area contributed by atoms with Gasteiger partial charge in [0.1, 0.15) is 0 Å². The van der Waals surface area contributed by atoms with Gasteiger partial charge in [-0.2, -0.15) is 0 Å². The Bertz CT molecular complexity index is 81.3. The second-order valence-corrected chi connectivity index (χ2v) is 2.49. The number of hydrogen-bond donors (Lipinski definition) is 2. The predicted molar refractivity (Wildman–Crippen MR) is 49.9 cm³/mol. The standard InChI is InChI=1S/C5H13N.C3H6N2/c1-2-3-4-5-6;1-2-5-3-4-1/h2-6H2,1H3;3H,1-2H2,(H,4,5). The molecule has 1 aliphatic heterocycles. The summed E-state index contributed by atoms with van der Waals surface area (Å²) in [5.74, 6) is 0. The maximum atomic E-state index is 5.21.